The Kier molecular flexibility index (Phi) is 6.00. The summed E-state index contributed by atoms with van der Waals surface area (Å²) < 4.78 is 5.63. The summed E-state index contributed by atoms with van der Waals surface area (Å²) in [4.78, 5) is 16.6. The van der Waals surface area contributed by atoms with Crippen molar-refractivity contribution in [3.8, 4) is 11.5 Å². The van der Waals surface area contributed by atoms with Crippen molar-refractivity contribution in [1.82, 2.24) is 4.90 Å². The van der Waals surface area contributed by atoms with E-state index in [1.165, 1.54) is 0 Å². The van der Waals surface area contributed by atoms with Gasteiger partial charge in [0.25, 0.3) is 0 Å². The van der Waals surface area contributed by atoms with Gasteiger partial charge in [-0.05, 0) is 37.1 Å². The zero-order chi connectivity index (χ0) is 18.4. The highest BCUT2D eigenvalue weighted by molar-refractivity contribution is 5.77. The van der Waals surface area contributed by atoms with E-state index in [9.17, 15) is 9.90 Å². The minimum absolute atomic E-state index is 0.174. The first-order valence-corrected chi connectivity index (χ1v) is 9.20. The fourth-order valence-electron chi connectivity index (χ4n) is 3.33. The maximum absolute atomic E-state index is 12.6. The van der Waals surface area contributed by atoms with Crippen LogP contribution in [0.2, 0.25) is 0 Å². The van der Waals surface area contributed by atoms with Crippen molar-refractivity contribution in [1.29, 1.82) is 0 Å². The third-order valence-electron chi connectivity index (χ3n) is 4.74. The van der Waals surface area contributed by atoms with Crippen LogP contribution >= 0.6 is 0 Å². The van der Waals surface area contributed by atoms with E-state index in [0.29, 0.717) is 38.3 Å². The summed E-state index contributed by atoms with van der Waals surface area (Å²) in [5.41, 5.74) is 1.92. The summed E-state index contributed by atoms with van der Waals surface area (Å²) >= 11 is 0. The number of aromatic hydroxyl groups is 1. The molecule has 5 heteroatoms. The SMILES string of the molecule is CCOc1ccccc1CCC(=O)N1CCN(c2ccccc2O)CC1. The Hall–Kier alpha value is -2.69. The number of hydrogen-bond acceptors (Lipinski definition) is 4. The van der Waals surface area contributed by atoms with E-state index in [-0.39, 0.29) is 5.91 Å². The van der Waals surface area contributed by atoms with Gasteiger partial charge in [-0.3, -0.25) is 4.79 Å². The number of aryl methyl sites for hydroxylation is 1. The number of para-hydroxylation sites is 3. The lowest BCUT2D eigenvalue weighted by Crippen LogP contribution is -2.48. The van der Waals surface area contributed by atoms with Gasteiger partial charge in [-0.15, -0.1) is 0 Å². The van der Waals surface area contributed by atoms with Crippen LogP contribution in [0.25, 0.3) is 0 Å². The van der Waals surface area contributed by atoms with E-state index in [4.69, 9.17) is 4.74 Å². The van der Waals surface area contributed by atoms with Gasteiger partial charge < -0.3 is 19.6 Å². The smallest absolute Gasteiger partial charge is 0.223 e. The van der Waals surface area contributed by atoms with E-state index < -0.39 is 0 Å². The number of phenols is 1. The Labute approximate surface area is 154 Å². The molecule has 0 unspecified atom stereocenters. The van der Waals surface area contributed by atoms with Gasteiger partial charge in [-0.2, -0.15) is 0 Å². The lowest BCUT2D eigenvalue weighted by molar-refractivity contribution is -0.131. The monoisotopic (exact) mass is 354 g/mol. The van der Waals surface area contributed by atoms with E-state index >= 15 is 0 Å². The van der Waals surface area contributed by atoms with E-state index in [2.05, 4.69) is 4.90 Å². The van der Waals surface area contributed by atoms with Gasteiger partial charge in [-0.25, -0.2) is 0 Å². The van der Waals surface area contributed by atoms with Crippen molar-refractivity contribution in [2.45, 2.75) is 19.8 Å². The lowest BCUT2D eigenvalue weighted by Gasteiger charge is -2.36. The Morgan fingerprint density at radius 1 is 1.04 bits per heavy atom. The van der Waals surface area contributed by atoms with Gasteiger partial charge in [0.1, 0.15) is 11.5 Å². The zero-order valence-corrected chi connectivity index (χ0v) is 15.2. The fraction of sp³-hybridized carbons (Fsp3) is 0.381. The van der Waals surface area contributed by atoms with Crippen LogP contribution < -0.4 is 9.64 Å². The highest BCUT2D eigenvalue weighted by atomic mass is 16.5. The number of amides is 1. The second-order valence-corrected chi connectivity index (χ2v) is 6.40. The molecule has 1 fully saturated rings. The fourth-order valence-corrected chi connectivity index (χ4v) is 3.33. The molecule has 0 aromatic heterocycles. The average molecular weight is 354 g/mol. The molecule has 1 saturated heterocycles. The molecule has 0 atom stereocenters. The maximum Gasteiger partial charge on any atom is 0.223 e. The van der Waals surface area contributed by atoms with Crippen molar-refractivity contribution >= 4 is 11.6 Å². The van der Waals surface area contributed by atoms with Crippen molar-refractivity contribution in [3.63, 3.8) is 0 Å². The van der Waals surface area contributed by atoms with Gasteiger partial charge in [0.05, 0.1) is 12.3 Å². The van der Waals surface area contributed by atoms with Crippen molar-refractivity contribution in [2.24, 2.45) is 0 Å². The molecule has 0 radical (unpaired) electrons. The molecule has 0 bridgehead atoms. The number of benzene rings is 2. The normalized spacial score (nSPS) is 14.3. The largest absolute Gasteiger partial charge is 0.506 e. The molecule has 1 heterocycles. The minimum Gasteiger partial charge on any atom is -0.506 e. The van der Waals surface area contributed by atoms with Crippen LogP contribution in [0.15, 0.2) is 48.5 Å². The number of anilines is 1. The molecule has 26 heavy (non-hydrogen) atoms. The highest BCUT2D eigenvalue weighted by Gasteiger charge is 2.22. The molecule has 1 aliphatic heterocycles. The standard InChI is InChI=1S/C21H26N2O3/c1-2-26-20-10-6-3-7-17(20)11-12-21(25)23-15-13-22(14-16-23)18-8-4-5-9-19(18)24/h3-10,24H,2,11-16H2,1H3. The molecule has 2 aromatic rings. The Morgan fingerprint density at radius 3 is 2.46 bits per heavy atom. The van der Waals surface area contributed by atoms with Crippen molar-refractivity contribution in [3.05, 3.63) is 54.1 Å². The van der Waals surface area contributed by atoms with Crippen LogP contribution in [0.4, 0.5) is 5.69 Å². The number of phenolic OH excluding ortho intramolecular Hbond substituents is 1. The highest BCUT2D eigenvalue weighted by Crippen LogP contribution is 2.27. The first kappa shape index (κ1) is 18.1. The Balaban J connectivity index is 1.52. The van der Waals surface area contributed by atoms with E-state index in [1.807, 2.05) is 54.3 Å². The van der Waals surface area contributed by atoms with Crippen LogP contribution in [0.1, 0.15) is 18.9 Å². The summed E-state index contributed by atoms with van der Waals surface area (Å²) in [7, 11) is 0. The predicted molar refractivity (Wildman–Crippen MR) is 103 cm³/mol. The quantitative estimate of drug-likeness (QED) is 0.866. The van der Waals surface area contributed by atoms with E-state index in [1.54, 1.807) is 6.07 Å². The molecule has 0 aliphatic carbocycles. The first-order chi connectivity index (χ1) is 12.7. The zero-order valence-electron chi connectivity index (χ0n) is 15.2. The number of carbonyl (C=O) groups is 1. The van der Waals surface area contributed by atoms with Gasteiger partial charge in [0.2, 0.25) is 5.91 Å². The second kappa shape index (κ2) is 8.61. The summed E-state index contributed by atoms with van der Waals surface area (Å²) in [6.07, 6.45) is 1.18. The molecule has 0 spiro atoms. The predicted octanol–water partition coefficient (Wildman–Crippen LogP) is 3.07. The van der Waals surface area contributed by atoms with Gasteiger partial charge >= 0.3 is 0 Å². The molecule has 1 N–H and O–H groups in total. The second-order valence-electron chi connectivity index (χ2n) is 6.40. The number of hydrogen-bond donors (Lipinski definition) is 1. The van der Waals surface area contributed by atoms with Crippen LogP contribution in [-0.4, -0.2) is 48.7 Å². The molecule has 3 rings (SSSR count). The van der Waals surface area contributed by atoms with Crippen LogP contribution in [0, 0.1) is 0 Å². The molecule has 138 valence electrons. The van der Waals surface area contributed by atoms with Crippen molar-refractivity contribution in [2.75, 3.05) is 37.7 Å². The summed E-state index contributed by atoms with van der Waals surface area (Å²) in [6.45, 7) is 5.42. The number of nitrogens with zero attached hydrogens (tertiary/aromatic N) is 2. The van der Waals surface area contributed by atoms with Gasteiger partial charge in [-0.1, -0.05) is 30.3 Å². The van der Waals surface area contributed by atoms with Crippen LogP contribution in [-0.2, 0) is 11.2 Å². The molecule has 0 saturated carbocycles. The third kappa shape index (κ3) is 4.28. The summed E-state index contributed by atoms with van der Waals surface area (Å²) in [5.74, 6) is 1.33. The average Bonchev–Trinajstić information content (AvgIpc) is 2.68. The Morgan fingerprint density at radius 2 is 1.73 bits per heavy atom. The topological polar surface area (TPSA) is 53.0 Å². The number of piperazine rings is 1. The lowest BCUT2D eigenvalue weighted by atomic mass is 10.1. The molecule has 2 aromatic carbocycles. The molecule has 1 amide bonds. The molecular weight excluding hydrogens is 328 g/mol. The molecular formula is C21H26N2O3. The van der Waals surface area contributed by atoms with Gasteiger partial charge in [0, 0.05) is 32.6 Å². The first-order valence-electron chi connectivity index (χ1n) is 9.20. The van der Waals surface area contributed by atoms with Crippen molar-refractivity contribution < 1.29 is 14.6 Å². The minimum atomic E-state index is 0.174. The number of ether oxygens (including phenoxy) is 1. The number of carbonyl (C=O) groups excluding carboxylic acids is 1. The summed E-state index contributed by atoms with van der Waals surface area (Å²) in [6, 6.07) is 15.3. The van der Waals surface area contributed by atoms with Crippen LogP contribution in [0.3, 0.4) is 0 Å². The molecule has 1 aliphatic rings. The number of rotatable bonds is 6. The molecule has 5 nitrogen and oxygen atoms in total. The van der Waals surface area contributed by atoms with Gasteiger partial charge in [0.15, 0.2) is 0 Å². The third-order valence-corrected chi connectivity index (χ3v) is 4.74. The van der Waals surface area contributed by atoms with E-state index in [0.717, 1.165) is 30.1 Å². The summed E-state index contributed by atoms with van der Waals surface area (Å²) in [5, 5.41) is 9.98. The van der Waals surface area contributed by atoms with Crippen LogP contribution in [0.5, 0.6) is 11.5 Å². The Bertz CT molecular complexity index is 740. The maximum atomic E-state index is 12.6.